The highest BCUT2D eigenvalue weighted by molar-refractivity contribution is 5.90. The number of hydrogen-bond donors (Lipinski definition) is 2. The van der Waals surface area contributed by atoms with Gasteiger partial charge < -0.3 is 20.1 Å². The van der Waals surface area contributed by atoms with E-state index in [4.69, 9.17) is 9.47 Å². The molecule has 0 aliphatic rings. The Morgan fingerprint density at radius 2 is 1.52 bits per heavy atom. The molecular formula is C22H26N2O5. The van der Waals surface area contributed by atoms with E-state index in [1.807, 2.05) is 48.5 Å². The molecule has 0 fully saturated rings. The van der Waals surface area contributed by atoms with Crippen LogP contribution in [0.3, 0.4) is 0 Å². The van der Waals surface area contributed by atoms with Crippen molar-refractivity contribution in [2.45, 2.75) is 31.8 Å². The van der Waals surface area contributed by atoms with Crippen molar-refractivity contribution in [3.63, 3.8) is 0 Å². The lowest BCUT2D eigenvalue weighted by molar-refractivity contribution is -0.145. The smallest absolute Gasteiger partial charge is 0.328 e. The zero-order valence-corrected chi connectivity index (χ0v) is 16.8. The summed E-state index contributed by atoms with van der Waals surface area (Å²) in [4.78, 5) is 36.8. The number of carbonyl (C=O) groups excluding carboxylic acids is 3. The number of carbonyl (C=O) groups is 3. The first-order valence-electron chi connectivity index (χ1n) is 9.25. The van der Waals surface area contributed by atoms with Crippen molar-refractivity contribution in [1.29, 1.82) is 0 Å². The molecule has 7 nitrogen and oxygen atoms in total. The summed E-state index contributed by atoms with van der Waals surface area (Å²) >= 11 is 0. The van der Waals surface area contributed by atoms with Crippen molar-refractivity contribution in [1.82, 2.24) is 10.6 Å². The Balaban J connectivity index is 2.19. The van der Waals surface area contributed by atoms with Crippen molar-refractivity contribution >= 4 is 17.8 Å². The summed E-state index contributed by atoms with van der Waals surface area (Å²) in [6.45, 7) is 1.35. The number of nitrogens with one attached hydrogen (secondary N) is 2. The number of benzene rings is 2. The highest BCUT2D eigenvalue weighted by atomic mass is 16.5. The number of methoxy groups -OCH3 is 2. The molecule has 0 spiro atoms. The topological polar surface area (TPSA) is 93.7 Å². The fourth-order valence-electron chi connectivity index (χ4n) is 3.00. The SMILES string of the molecule is COC(=O)[C@H](Cc1ccccc1OC)NC(=O)[C@H](Cc1ccccc1)NC(C)=O. The van der Waals surface area contributed by atoms with Crippen LogP contribution in [-0.4, -0.2) is 44.1 Å². The molecular weight excluding hydrogens is 372 g/mol. The van der Waals surface area contributed by atoms with E-state index < -0.39 is 24.0 Å². The van der Waals surface area contributed by atoms with E-state index in [0.717, 1.165) is 11.1 Å². The van der Waals surface area contributed by atoms with E-state index >= 15 is 0 Å². The van der Waals surface area contributed by atoms with Crippen molar-refractivity contribution in [2.24, 2.45) is 0 Å². The number of ether oxygens (including phenoxy) is 2. The van der Waals surface area contributed by atoms with Gasteiger partial charge in [-0.15, -0.1) is 0 Å². The highest BCUT2D eigenvalue weighted by Crippen LogP contribution is 2.19. The Morgan fingerprint density at radius 3 is 2.14 bits per heavy atom. The largest absolute Gasteiger partial charge is 0.496 e. The Labute approximate surface area is 170 Å². The third-order valence-corrected chi connectivity index (χ3v) is 4.40. The van der Waals surface area contributed by atoms with E-state index in [9.17, 15) is 14.4 Å². The zero-order chi connectivity index (χ0) is 21.2. The van der Waals surface area contributed by atoms with Gasteiger partial charge in [-0.05, 0) is 17.2 Å². The molecule has 0 radical (unpaired) electrons. The van der Waals surface area contributed by atoms with Crippen LogP contribution in [0.4, 0.5) is 0 Å². The van der Waals surface area contributed by atoms with E-state index in [2.05, 4.69) is 10.6 Å². The molecule has 2 rings (SSSR count). The van der Waals surface area contributed by atoms with Gasteiger partial charge in [0.25, 0.3) is 0 Å². The minimum Gasteiger partial charge on any atom is -0.496 e. The summed E-state index contributed by atoms with van der Waals surface area (Å²) < 4.78 is 10.2. The predicted octanol–water partition coefficient (Wildman–Crippen LogP) is 1.64. The van der Waals surface area contributed by atoms with Gasteiger partial charge in [0.15, 0.2) is 0 Å². The second-order valence-corrected chi connectivity index (χ2v) is 6.54. The first kappa shape index (κ1) is 21.9. The molecule has 2 aromatic rings. The fraction of sp³-hybridized carbons (Fsp3) is 0.318. The molecule has 0 unspecified atom stereocenters. The lowest BCUT2D eigenvalue weighted by Gasteiger charge is -2.22. The van der Waals surface area contributed by atoms with Crippen LogP contribution >= 0.6 is 0 Å². The van der Waals surface area contributed by atoms with Crippen LogP contribution in [0, 0.1) is 0 Å². The standard InChI is InChI=1S/C22H26N2O5/c1-15(25)23-18(13-16-9-5-4-6-10-16)21(26)24-19(22(27)29-3)14-17-11-7-8-12-20(17)28-2/h4-12,18-19H,13-14H2,1-3H3,(H,23,25)(H,24,26)/t18-,19-/m0/s1. The third kappa shape index (κ3) is 6.64. The van der Waals surface area contributed by atoms with E-state index in [0.29, 0.717) is 12.2 Å². The molecule has 0 saturated heterocycles. The molecule has 0 aliphatic carbocycles. The number of hydrogen-bond acceptors (Lipinski definition) is 5. The second kappa shape index (κ2) is 10.8. The molecule has 0 heterocycles. The Kier molecular flexibility index (Phi) is 8.21. The molecule has 2 aromatic carbocycles. The van der Waals surface area contributed by atoms with Crippen LogP contribution in [0.25, 0.3) is 0 Å². The monoisotopic (exact) mass is 398 g/mol. The molecule has 2 atom stereocenters. The highest BCUT2D eigenvalue weighted by Gasteiger charge is 2.28. The summed E-state index contributed by atoms with van der Waals surface area (Å²) in [5.74, 6) is -0.765. The Hall–Kier alpha value is -3.35. The summed E-state index contributed by atoms with van der Waals surface area (Å²) in [6, 6.07) is 14.8. The minimum absolute atomic E-state index is 0.195. The number of rotatable bonds is 9. The average molecular weight is 398 g/mol. The van der Waals surface area contributed by atoms with Gasteiger partial charge in [-0.25, -0.2) is 4.79 Å². The summed E-state index contributed by atoms with van der Waals surface area (Å²) in [5, 5.41) is 5.36. The van der Waals surface area contributed by atoms with Gasteiger partial charge in [0.2, 0.25) is 11.8 Å². The number of esters is 1. The van der Waals surface area contributed by atoms with Gasteiger partial charge >= 0.3 is 5.97 Å². The van der Waals surface area contributed by atoms with Gasteiger partial charge in [-0.1, -0.05) is 48.5 Å². The molecule has 0 bridgehead atoms. The van der Waals surface area contributed by atoms with Gasteiger partial charge in [0.05, 0.1) is 14.2 Å². The lowest BCUT2D eigenvalue weighted by atomic mass is 10.0. The zero-order valence-electron chi connectivity index (χ0n) is 16.8. The Morgan fingerprint density at radius 1 is 0.862 bits per heavy atom. The van der Waals surface area contributed by atoms with Crippen LogP contribution in [0.1, 0.15) is 18.1 Å². The molecule has 0 saturated carbocycles. The molecule has 2 N–H and O–H groups in total. The van der Waals surface area contributed by atoms with Crippen LogP contribution in [0.15, 0.2) is 54.6 Å². The third-order valence-electron chi connectivity index (χ3n) is 4.40. The van der Waals surface area contributed by atoms with Gasteiger partial charge in [0, 0.05) is 19.8 Å². The predicted molar refractivity (Wildman–Crippen MR) is 108 cm³/mol. The molecule has 0 aliphatic heterocycles. The maximum absolute atomic E-state index is 12.9. The first-order valence-corrected chi connectivity index (χ1v) is 9.25. The lowest BCUT2D eigenvalue weighted by Crippen LogP contribution is -2.53. The minimum atomic E-state index is -0.921. The van der Waals surface area contributed by atoms with Crippen LogP contribution in [0.2, 0.25) is 0 Å². The van der Waals surface area contributed by atoms with Gasteiger partial charge in [-0.3, -0.25) is 9.59 Å². The second-order valence-electron chi connectivity index (χ2n) is 6.54. The molecule has 0 aromatic heterocycles. The van der Waals surface area contributed by atoms with E-state index in [1.54, 1.807) is 6.07 Å². The molecule has 7 heteroatoms. The maximum Gasteiger partial charge on any atom is 0.328 e. The molecule has 154 valence electrons. The maximum atomic E-state index is 12.9. The van der Waals surface area contributed by atoms with Crippen molar-refractivity contribution in [3.8, 4) is 5.75 Å². The summed E-state index contributed by atoms with van der Waals surface area (Å²) in [6.07, 6.45) is 0.495. The van der Waals surface area contributed by atoms with Crippen LogP contribution in [0.5, 0.6) is 5.75 Å². The molecule has 29 heavy (non-hydrogen) atoms. The summed E-state index contributed by atoms with van der Waals surface area (Å²) in [7, 11) is 2.80. The fourth-order valence-corrected chi connectivity index (χ4v) is 3.00. The quantitative estimate of drug-likeness (QED) is 0.627. The molecule has 2 amide bonds. The van der Waals surface area contributed by atoms with E-state index in [1.165, 1.54) is 21.1 Å². The van der Waals surface area contributed by atoms with Crippen LogP contribution < -0.4 is 15.4 Å². The number of amides is 2. The van der Waals surface area contributed by atoms with Gasteiger partial charge in [0.1, 0.15) is 17.8 Å². The average Bonchev–Trinajstić information content (AvgIpc) is 2.73. The van der Waals surface area contributed by atoms with Crippen molar-refractivity contribution < 1.29 is 23.9 Å². The van der Waals surface area contributed by atoms with Crippen LogP contribution in [-0.2, 0) is 32.0 Å². The van der Waals surface area contributed by atoms with Crippen molar-refractivity contribution in [2.75, 3.05) is 14.2 Å². The Bertz CT molecular complexity index is 838. The first-order chi connectivity index (χ1) is 13.9. The van der Waals surface area contributed by atoms with E-state index in [-0.39, 0.29) is 12.3 Å². The van der Waals surface area contributed by atoms with Crippen molar-refractivity contribution in [3.05, 3.63) is 65.7 Å². The van der Waals surface area contributed by atoms with Gasteiger partial charge in [-0.2, -0.15) is 0 Å². The number of para-hydroxylation sites is 1. The normalized spacial score (nSPS) is 12.4. The summed E-state index contributed by atoms with van der Waals surface area (Å²) in [5.41, 5.74) is 1.64.